The van der Waals surface area contributed by atoms with Crippen LogP contribution in [0.2, 0.25) is 0 Å². The first-order valence-electron chi connectivity index (χ1n) is 14.2. The maximum absolute atomic E-state index is 12.5. The number of rotatable bonds is 16. The second-order valence-corrected chi connectivity index (χ2v) is 11.6. The van der Waals surface area contributed by atoms with E-state index in [9.17, 15) is 24.3 Å². The van der Waals surface area contributed by atoms with Crippen LogP contribution < -0.4 is 14.8 Å². The summed E-state index contributed by atoms with van der Waals surface area (Å²) in [6, 6.07) is 3.21. The van der Waals surface area contributed by atoms with Crippen molar-refractivity contribution in [2.75, 3.05) is 13.2 Å². The van der Waals surface area contributed by atoms with Crippen molar-refractivity contribution < 1.29 is 52.7 Å². The predicted octanol–water partition coefficient (Wildman–Crippen LogP) is 6.27. The van der Waals surface area contributed by atoms with Crippen LogP contribution in [0.15, 0.2) is 18.2 Å². The van der Waals surface area contributed by atoms with Crippen LogP contribution in [-0.2, 0) is 30.2 Å². The van der Waals surface area contributed by atoms with E-state index >= 15 is 0 Å². The molecule has 2 N–H and O–H groups in total. The minimum absolute atomic E-state index is 0.0400. The van der Waals surface area contributed by atoms with Gasteiger partial charge < -0.3 is 38.8 Å². The molecule has 0 heterocycles. The number of carbonyl (C=O) groups excluding carboxylic acids is 3. The fourth-order valence-corrected chi connectivity index (χ4v) is 3.07. The van der Waals surface area contributed by atoms with Crippen molar-refractivity contribution in [2.45, 2.75) is 111 Å². The lowest BCUT2D eigenvalue weighted by molar-refractivity contribution is -0.139. The molecule has 2 atom stereocenters. The third kappa shape index (κ3) is 14.4. The van der Waals surface area contributed by atoms with Gasteiger partial charge in [-0.15, -0.1) is 0 Å². The Morgan fingerprint density at radius 1 is 0.857 bits per heavy atom. The molecule has 1 aromatic carbocycles. The lowest BCUT2D eigenvalue weighted by Gasteiger charge is -2.24. The number of hydrogen-bond acceptors (Lipinski definition) is 11. The first-order chi connectivity index (χ1) is 19.5. The number of carboxylic acids is 1. The molecule has 0 radical (unpaired) electrons. The highest BCUT2D eigenvalue weighted by molar-refractivity contribution is 5.74. The normalized spacial score (nSPS) is 13.1. The molecule has 12 heteroatoms. The summed E-state index contributed by atoms with van der Waals surface area (Å²) in [6.07, 6.45) is -1.79. The summed E-state index contributed by atoms with van der Waals surface area (Å²) in [5, 5.41) is 12.6. The SMILES string of the molecule is CCC(C)(C)OC(=O)Oc1ccc(C[C@H](NCC(C)OC(=O)OCCC(C)C)C(=O)O)cc1OC(=O)OC(C)(C)CC. The van der Waals surface area contributed by atoms with E-state index in [2.05, 4.69) is 5.32 Å². The highest BCUT2D eigenvalue weighted by atomic mass is 16.8. The van der Waals surface area contributed by atoms with Crippen LogP contribution in [0.25, 0.3) is 0 Å². The highest BCUT2D eigenvalue weighted by Crippen LogP contribution is 2.31. The van der Waals surface area contributed by atoms with Gasteiger partial charge in [-0.1, -0.05) is 33.8 Å². The van der Waals surface area contributed by atoms with E-state index in [1.807, 2.05) is 27.7 Å². The molecule has 0 aromatic heterocycles. The van der Waals surface area contributed by atoms with E-state index in [1.54, 1.807) is 34.6 Å². The van der Waals surface area contributed by atoms with E-state index < -0.39 is 47.8 Å². The minimum Gasteiger partial charge on any atom is -0.480 e. The van der Waals surface area contributed by atoms with E-state index in [-0.39, 0.29) is 31.1 Å². The van der Waals surface area contributed by atoms with Crippen LogP contribution in [-0.4, -0.2) is 66.0 Å². The number of nitrogens with one attached hydrogen (secondary N) is 1. The van der Waals surface area contributed by atoms with Crippen molar-refractivity contribution >= 4 is 24.4 Å². The first-order valence-corrected chi connectivity index (χ1v) is 14.2. The van der Waals surface area contributed by atoms with Gasteiger partial charge in [-0.3, -0.25) is 4.79 Å². The second-order valence-electron chi connectivity index (χ2n) is 11.6. The molecule has 0 saturated carbocycles. The standard InChI is InChI=1S/C30H47NO11/c1-10-29(6,7)41-27(35)39-23-13-12-21(17-24(23)40-28(36)42-30(8,9)11-2)16-22(25(32)33)31-18-20(5)38-26(34)37-15-14-19(3)4/h12-13,17,19-20,22,31H,10-11,14-16,18H2,1-9H3,(H,32,33)/t20?,22-/m0/s1. The van der Waals surface area contributed by atoms with Crippen LogP contribution in [0.5, 0.6) is 11.5 Å². The Kier molecular flexibility index (Phi) is 14.6. The maximum atomic E-state index is 12.5. The number of hydrogen-bond donors (Lipinski definition) is 2. The molecule has 1 unspecified atom stereocenters. The summed E-state index contributed by atoms with van der Waals surface area (Å²) in [4.78, 5) is 48.8. The van der Waals surface area contributed by atoms with Crippen LogP contribution >= 0.6 is 0 Å². The van der Waals surface area contributed by atoms with Gasteiger partial charge in [0, 0.05) is 6.54 Å². The van der Waals surface area contributed by atoms with E-state index in [1.165, 1.54) is 18.2 Å². The molecular formula is C30H47NO11. The Bertz CT molecular complexity index is 1050. The molecule has 1 rings (SSSR count). The van der Waals surface area contributed by atoms with Crippen molar-refractivity contribution in [1.29, 1.82) is 0 Å². The zero-order valence-electron chi connectivity index (χ0n) is 26.2. The fourth-order valence-electron chi connectivity index (χ4n) is 3.07. The van der Waals surface area contributed by atoms with Crippen molar-refractivity contribution in [2.24, 2.45) is 5.92 Å². The Labute approximate surface area is 248 Å². The summed E-state index contributed by atoms with van der Waals surface area (Å²) in [6.45, 7) is 16.4. The Hall–Kier alpha value is -3.54. The summed E-state index contributed by atoms with van der Waals surface area (Å²) in [5.41, 5.74) is -1.14. The second kappa shape index (κ2) is 16.8. The Morgan fingerprint density at radius 2 is 1.40 bits per heavy atom. The zero-order valence-corrected chi connectivity index (χ0v) is 26.2. The van der Waals surface area contributed by atoms with Gasteiger partial charge in [0.1, 0.15) is 23.3 Å². The lowest BCUT2D eigenvalue weighted by atomic mass is 10.0. The number of carbonyl (C=O) groups is 4. The van der Waals surface area contributed by atoms with Gasteiger partial charge in [0.25, 0.3) is 0 Å². The zero-order chi connectivity index (χ0) is 32.1. The third-order valence-electron chi connectivity index (χ3n) is 6.42. The molecule has 0 amide bonds. The van der Waals surface area contributed by atoms with Gasteiger partial charge in [0.15, 0.2) is 11.5 Å². The molecular weight excluding hydrogens is 550 g/mol. The molecule has 42 heavy (non-hydrogen) atoms. The van der Waals surface area contributed by atoms with Gasteiger partial charge in [-0.05, 0) is 83.9 Å². The van der Waals surface area contributed by atoms with E-state index in [4.69, 9.17) is 28.4 Å². The lowest BCUT2D eigenvalue weighted by Crippen LogP contribution is -2.42. The molecule has 0 saturated heterocycles. The Balaban J connectivity index is 3.03. The number of benzene rings is 1. The smallest absolute Gasteiger partial charge is 0.480 e. The van der Waals surface area contributed by atoms with Gasteiger partial charge >= 0.3 is 24.4 Å². The fraction of sp³-hybridized carbons (Fsp3) is 0.667. The average molecular weight is 598 g/mol. The minimum atomic E-state index is -1.15. The van der Waals surface area contributed by atoms with E-state index in [0.717, 1.165) is 0 Å². The highest BCUT2D eigenvalue weighted by Gasteiger charge is 2.27. The van der Waals surface area contributed by atoms with Gasteiger partial charge in [-0.2, -0.15) is 0 Å². The van der Waals surface area contributed by atoms with Crippen LogP contribution in [0.3, 0.4) is 0 Å². The van der Waals surface area contributed by atoms with Crippen molar-refractivity contribution in [3.05, 3.63) is 23.8 Å². The van der Waals surface area contributed by atoms with Crippen molar-refractivity contribution in [3.8, 4) is 11.5 Å². The van der Waals surface area contributed by atoms with Crippen LogP contribution in [0, 0.1) is 5.92 Å². The average Bonchev–Trinajstić information content (AvgIpc) is 2.86. The largest absolute Gasteiger partial charge is 0.514 e. The molecule has 0 aliphatic heterocycles. The molecule has 0 bridgehead atoms. The van der Waals surface area contributed by atoms with Gasteiger partial charge in [-0.25, -0.2) is 14.4 Å². The van der Waals surface area contributed by atoms with Crippen LogP contribution in [0.1, 0.15) is 87.1 Å². The van der Waals surface area contributed by atoms with E-state index in [0.29, 0.717) is 30.7 Å². The summed E-state index contributed by atoms with van der Waals surface area (Å²) in [7, 11) is 0. The molecule has 1 aromatic rings. The van der Waals surface area contributed by atoms with Gasteiger partial charge in [0.05, 0.1) is 6.61 Å². The molecule has 0 spiro atoms. The molecule has 12 nitrogen and oxygen atoms in total. The molecule has 0 aliphatic carbocycles. The summed E-state index contributed by atoms with van der Waals surface area (Å²) < 4.78 is 31.6. The maximum Gasteiger partial charge on any atom is 0.514 e. The molecule has 0 aliphatic rings. The van der Waals surface area contributed by atoms with Crippen LogP contribution in [0.4, 0.5) is 14.4 Å². The number of aliphatic carboxylic acids is 1. The Morgan fingerprint density at radius 3 is 1.90 bits per heavy atom. The molecule has 0 fully saturated rings. The topological polar surface area (TPSA) is 156 Å². The quantitative estimate of drug-likeness (QED) is 0.125. The number of carboxylic acid groups (broad SMARTS) is 1. The summed E-state index contributed by atoms with van der Waals surface area (Å²) in [5.74, 6) is -1.05. The first kappa shape index (κ1) is 36.5. The summed E-state index contributed by atoms with van der Waals surface area (Å²) >= 11 is 0. The van der Waals surface area contributed by atoms with Crippen molar-refractivity contribution in [1.82, 2.24) is 5.32 Å². The third-order valence-corrected chi connectivity index (χ3v) is 6.42. The number of ether oxygens (including phenoxy) is 6. The van der Waals surface area contributed by atoms with Crippen molar-refractivity contribution in [3.63, 3.8) is 0 Å². The monoisotopic (exact) mass is 597 g/mol. The molecule has 238 valence electrons. The predicted molar refractivity (Wildman–Crippen MR) is 154 cm³/mol. The van der Waals surface area contributed by atoms with Gasteiger partial charge in [0.2, 0.25) is 0 Å².